The molecule has 0 bridgehead atoms. The predicted octanol–water partition coefficient (Wildman–Crippen LogP) is 2.80. The van der Waals surface area contributed by atoms with Crippen LogP contribution in [0.15, 0.2) is 48.7 Å². The van der Waals surface area contributed by atoms with Gasteiger partial charge in [0.25, 0.3) is 17.4 Å². The molecule has 3 aromatic rings. The lowest BCUT2D eigenvalue weighted by Crippen LogP contribution is -2.55. The molecular formula is C22H19F2N3O4. The molecule has 1 aliphatic rings. The zero-order chi connectivity index (χ0) is 22.2. The van der Waals surface area contributed by atoms with Gasteiger partial charge in [0.1, 0.15) is 11.6 Å². The first-order valence-corrected chi connectivity index (χ1v) is 9.60. The van der Waals surface area contributed by atoms with Gasteiger partial charge in [-0.1, -0.05) is 0 Å². The largest absolute Gasteiger partial charge is 0.439 e. The van der Waals surface area contributed by atoms with E-state index in [2.05, 4.69) is 10.3 Å². The van der Waals surface area contributed by atoms with Crippen LogP contribution in [0.4, 0.5) is 14.5 Å². The highest BCUT2D eigenvalue weighted by atomic mass is 19.1. The van der Waals surface area contributed by atoms with Gasteiger partial charge in [0.15, 0.2) is 0 Å². The van der Waals surface area contributed by atoms with Crippen molar-refractivity contribution in [1.29, 1.82) is 0 Å². The molecule has 0 radical (unpaired) electrons. The van der Waals surface area contributed by atoms with Crippen molar-refractivity contribution in [2.24, 2.45) is 0 Å². The van der Waals surface area contributed by atoms with Crippen LogP contribution in [0.25, 0.3) is 10.9 Å². The molecule has 1 aromatic heterocycles. The number of benzene rings is 2. The Labute approximate surface area is 176 Å². The summed E-state index contributed by atoms with van der Waals surface area (Å²) in [7, 11) is 0. The van der Waals surface area contributed by atoms with Gasteiger partial charge in [-0.2, -0.15) is 0 Å². The zero-order valence-corrected chi connectivity index (χ0v) is 16.6. The van der Waals surface area contributed by atoms with Crippen LogP contribution in [-0.2, 0) is 25.7 Å². The maximum atomic E-state index is 13.4. The highest BCUT2D eigenvalue weighted by molar-refractivity contribution is 6.17. The first kappa shape index (κ1) is 20.5. The van der Waals surface area contributed by atoms with Gasteiger partial charge >= 0.3 is 5.97 Å². The molecule has 1 unspecified atom stereocenters. The second kappa shape index (κ2) is 7.82. The molecule has 0 saturated carbocycles. The first-order valence-electron chi connectivity index (χ1n) is 9.60. The minimum Gasteiger partial charge on any atom is -0.439 e. The number of esters is 1. The molecule has 1 aliphatic heterocycles. The molecule has 2 aromatic carbocycles. The smallest absolute Gasteiger partial charge is 0.304 e. The zero-order valence-electron chi connectivity index (χ0n) is 16.6. The Morgan fingerprint density at radius 2 is 1.90 bits per heavy atom. The van der Waals surface area contributed by atoms with E-state index in [1.165, 1.54) is 4.90 Å². The lowest BCUT2D eigenvalue weighted by atomic mass is 10.0. The molecule has 4 rings (SSSR count). The Morgan fingerprint density at radius 3 is 2.61 bits per heavy atom. The highest BCUT2D eigenvalue weighted by Crippen LogP contribution is 2.33. The number of nitrogens with one attached hydrogen (secondary N) is 2. The summed E-state index contributed by atoms with van der Waals surface area (Å²) < 4.78 is 32.0. The van der Waals surface area contributed by atoms with E-state index in [9.17, 15) is 23.2 Å². The van der Waals surface area contributed by atoms with Crippen LogP contribution in [0.5, 0.6) is 0 Å². The third kappa shape index (κ3) is 3.86. The molecule has 7 nitrogen and oxygen atoms in total. The summed E-state index contributed by atoms with van der Waals surface area (Å²) in [5.74, 6) is -3.89. The number of aromatic amines is 1. The van der Waals surface area contributed by atoms with Crippen molar-refractivity contribution in [3.8, 4) is 0 Å². The number of carbonyl (C=O) groups excluding carboxylic acids is 3. The number of ether oxygens (including phenoxy) is 1. The molecule has 9 heteroatoms. The van der Waals surface area contributed by atoms with Gasteiger partial charge in [-0.05, 0) is 42.0 Å². The topological polar surface area (TPSA) is 91.5 Å². The molecule has 31 heavy (non-hydrogen) atoms. The van der Waals surface area contributed by atoms with Crippen LogP contribution >= 0.6 is 0 Å². The maximum absolute atomic E-state index is 13.4. The van der Waals surface area contributed by atoms with Gasteiger partial charge in [0.05, 0.1) is 0 Å². The summed E-state index contributed by atoms with van der Waals surface area (Å²) in [4.78, 5) is 42.4. The Hall–Kier alpha value is -3.75. The standard InChI is InChI=1S/C22H19F2N3O4/c1-13(28)31-22(20(29)26-12-14-8-16(23)11-17(24)9-14)5-7-27(21(22)30)18-2-3-19-15(10-18)4-6-25-19/h2-4,6,8-11,25H,5,7,12H2,1H3,(H,26,29). The third-order valence-corrected chi connectivity index (χ3v) is 5.19. The number of halogens is 2. The van der Waals surface area contributed by atoms with Crippen molar-refractivity contribution < 1.29 is 27.9 Å². The molecule has 160 valence electrons. The van der Waals surface area contributed by atoms with Crippen molar-refractivity contribution in [2.45, 2.75) is 25.5 Å². The summed E-state index contributed by atoms with van der Waals surface area (Å²) >= 11 is 0. The van der Waals surface area contributed by atoms with Crippen LogP contribution in [0.3, 0.4) is 0 Å². The van der Waals surface area contributed by atoms with Gasteiger partial charge in [-0.3, -0.25) is 14.4 Å². The number of nitrogens with zero attached hydrogens (tertiary/aromatic N) is 1. The van der Waals surface area contributed by atoms with Crippen LogP contribution in [0.1, 0.15) is 18.9 Å². The van der Waals surface area contributed by atoms with Crippen molar-refractivity contribution in [3.05, 3.63) is 65.9 Å². The molecule has 2 amide bonds. The summed E-state index contributed by atoms with van der Waals surface area (Å²) in [6.45, 7) is 1.03. The molecule has 0 aliphatic carbocycles. The summed E-state index contributed by atoms with van der Waals surface area (Å²) in [5, 5.41) is 3.35. The van der Waals surface area contributed by atoms with Crippen molar-refractivity contribution >= 4 is 34.4 Å². The minimum absolute atomic E-state index is 0.0556. The lowest BCUT2D eigenvalue weighted by molar-refractivity contribution is -0.170. The third-order valence-electron chi connectivity index (χ3n) is 5.19. The molecule has 1 atom stereocenters. The van der Waals surface area contributed by atoms with Gasteiger partial charge in [-0.15, -0.1) is 0 Å². The second-order valence-corrected chi connectivity index (χ2v) is 7.34. The molecule has 2 heterocycles. The van der Waals surface area contributed by atoms with Crippen molar-refractivity contribution in [3.63, 3.8) is 0 Å². The molecular weight excluding hydrogens is 408 g/mol. The van der Waals surface area contributed by atoms with E-state index in [0.29, 0.717) is 11.8 Å². The highest BCUT2D eigenvalue weighted by Gasteiger charge is 2.56. The van der Waals surface area contributed by atoms with Crippen LogP contribution in [-0.4, -0.2) is 34.9 Å². The van der Waals surface area contributed by atoms with E-state index in [4.69, 9.17) is 4.74 Å². The number of aromatic nitrogens is 1. The molecule has 2 N–H and O–H groups in total. The van der Waals surface area contributed by atoms with Gasteiger partial charge in [0.2, 0.25) is 0 Å². The van der Waals surface area contributed by atoms with Gasteiger partial charge < -0.3 is 19.9 Å². The molecule has 1 saturated heterocycles. The van der Waals surface area contributed by atoms with E-state index in [0.717, 1.165) is 30.0 Å². The number of rotatable bonds is 5. The van der Waals surface area contributed by atoms with E-state index < -0.39 is 35.0 Å². The monoisotopic (exact) mass is 427 g/mol. The van der Waals surface area contributed by atoms with Crippen molar-refractivity contribution in [2.75, 3.05) is 11.4 Å². The molecule has 0 spiro atoms. The van der Waals surface area contributed by atoms with Crippen molar-refractivity contribution in [1.82, 2.24) is 10.3 Å². The fourth-order valence-electron chi connectivity index (χ4n) is 3.79. The SMILES string of the molecule is CC(=O)OC1(C(=O)NCc2cc(F)cc(F)c2)CCN(c2ccc3[nH]ccc3c2)C1=O. The predicted molar refractivity (Wildman–Crippen MR) is 108 cm³/mol. The van der Waals surface area contributed by atoms with Crippen LogP contribution < -0.4 is 10.2 Å². The number of carbonyl (C=O) groups is 3. The van der Waals surface area contributed by atoms with E-state index in [1.54, 1.807) is 18.3 Å². The maximum Gasteiger partial charge on any atom is 0.304 e. The Morgan fingerprint density at radius 1 is 1.16 bits per heavy atom. The second-order valence-electron chi connectivity index (χ2n) is 7.34. The number of amides is 2. The summed E-state index contributed by atoms with van der Waals surface area (Å²) in [6, 6.07) is 10.0. The Balaban J connectivity index is 1.58. The average Bonchev–Trinajstić information content (AvgIpc) is 3.30. The molecule has 1 fully saturated rings. The van der Waals surface area contributed by atoms with Gasteiger partial charge in [-0.25, -0.2) is 8.78 Å². The summed E-state index contributed by atoms with van der Waals surface area (Å²) in [6.07, 6.45) is 1.71. The Kier molecular flexibility index (Phi) is 5.18. The van der Waals surface area contributed by atoms with E-state index >= 15 is 0 Å². The number of anilines is 1. The van der Waals surface area contributed by atoms with Crippen LogP contribution in [0.2, 0.25) is 0 Å². The first-order chi connectivity index (χ1) is 14.8. The average molecular weight is 427 g/mol. The Bertz CT molecular complexity index is 1170. The van der Waals surface area contributed by atoms with Gasteiger partial charge in [0, 0.05) is 55.3 Å². The van der Waals surface area contributed by atoms with E-state index in [-0.39, 0.29) is 25.1 Å². The quantitative estimate of drug-likeness (QED) is 0.484. The minimum atomic E-state index is -2.05. The number of hydrogen-bond acceptors (Lipinski definition) is 4. The number of H-pyrrole nitrogens is 1. The lowest BCUT2D eigenvalue weighted by Gasteiger charge is -2.26. The normalized spacial score (nSPS) is 18.4. The fourth-order valence-corrected chi connectivity index (χ4v) is 3.79. The summed E-state index contributed by atoms with van der Waals surface area (Å²) in [5.41, 5.74) is -0.429. The number of hydrogen-bond donors (Lipinski definition) is 2. The van der Waals surface area contributed by atoms with E-state index in [1.807, 2.05) is 12.1 Å². The van der Waals surface area contributed by atoms with Crippen LogP contribution in [0, 0.1) is 11.6 Å². The number of fused-ring (bicyclic) bond motifs is 1. The fraction of sp³-hybridized carbons (Fsp3) is 0.227.